The van der Waals surface area contributed by atoms with E-state index in [9.17, 15) is 5.11 Å². The molecule has 2 rings (SSSR count). The molecule has 3 N–H and O–H groups in total. The smallest absolute Gasteiger partial charge is 0.137 e. The zero-order valence-corrected chi connectivity index (χ0v) is 14.6. The van der Waals surface area contributed by atoms with Crippen molar-refractivity contribution < 1.29 is 15.2 Å². The normalized spacial score (nSPS) is 23.3. The molecule has 0 bridgehead atoms. The summed E-state index contributed by atoms with van der Waals surface area (Å²) in [4.78, 5) is 0. The number of nitrogens with two attached hydrogens (primary N) is 1. The van der Waals surface area contributed by atoms with E-state index in [1.807, 2.05) is 0 Å². The summed E-state index contributed by atoms with van der Waals surface area (Å²) in [7, 11) is 0. The second kappa shape index (κ2) is 7.98. The molecular formula is C19H32NO2+. The van der Waals surface area contributed by atoms with E-state index in [0.29, 0.717) is 12.6 Å². The molecule has 3 nitrogen and oxygen atoms in total. The lowest BCUT2D eigenvalue weighted by Gasteiger charge is -2.27. The van der Waals surface area contributed by atoms with Crippen molar-refractivity contribution in [3.63, 3.8) is 0 Å². The lowest BCUT2D eigenvalue weighted by atomic mass is 9.86. The highest BCUT2D eigenvalue weighted by Crippen LogP contribution is 2.25. The van der Waals surface area contributed by atoms with E-state index in [4.69, 9.17) is 4.74 Å². The minimum atomic E-state index is -0.409. The molecule has 0 aliphatic heterocycles. The molecule has 0 saturated heterocycles. The van der Waals surface area contributed by atoms with Gasteiger partial charge in [0.25, 0.3) is 0 Å². The number of ether oxygens (including phenoxy) is 1. The van der Waals surface area contributed by atoms with Gasteiger partial charge in [-0.05, 0) is 56.7 Å². The Morgan fingerprint density at radius 2 is 1.86 bits per heavy atom. The molecule has 1 aliphatic rings. The van der Waals surface area contributed by atoms with Gasteiger partial charge in [0.05, 0.1) is 6.04 Å². The summed E-state index contributed by atoms with van der Waals surface area (Å²) in [5.41, 5.74) is 3.55. The molecule has 1 aromatic carbocycles. The molecule has 0 aromatic heterocycles. The maximum absolute atomic E-state index is 10.2. The van der Waals surface area contributed by atoms with Crippen molar-refractivity contribution in [2.75, 3.05) is 13.2 Å². The number of aryl methyl sites for hydroxylation is 2. The van der Waals surface area contributed by atoms with Crippen LogP contribution in [0, 0.1) is 26.7 Å². The highest BCUT2D eigenvalue weighted by molar-refractivity contribution is 5.44. The molecule has 124 valence electrons. The average molecular weight is 306 g/mol. The van der Waals surface area contributed by atoms with Crippen LogP contribution in [0.15, 0.2) is 12.1 Å². The molecule has 0 heterocycles. The molecule has 1 saturated carbocycles. The summed E-state index contributed by atoms with van der Waals surface area (Å²) in [5, 5.41) is 12.5. The molecule has 3 heteroatoms. The zero-order chi connectivity index (χ0) is 16.1. The van der Waals surface area contributed by atoms with E-state index in [1.165, 1.54) is 36.8 Å². The topological polar surface area (TPSA) is 46.1 Å². The van der Waals surface area contributed by atoms with Crippen LogP contribution >= 0.6 is 0 Å². The van der Waals surface area contributed by atoms with E-state index >= 15 is 0 Å². The summed E-state index contributed by atoms with van der Waals surface area (Å²) in [6, 6.07) is 4.87. The van der Waals surface area contributed by atoms with Crippen molar-refractivity contribution in [3.8, 4) is 5.75 Å². The first-order valence-corrected chi connectivity index (χ1v) is 8.70. The Morgan fingerprint density at radius 1 is 1.18 bits per heavy atom. The van der Waals surface area contributed by atoms with E-state index in [-0.39, 0.29) is 0 Å². The van der Waals surface area contributed by atoms with Gasteiger partial charge >= 0.3 is 0 Å². The third-order valence-electron chi connectivity index (χ3n) is 5.18. The molecule has 1 aromatic rings. The van der Waals surface area contributed by atoms with Crippen molar-refractivity contribution in [2.45, 2.75) is 65.5 Å². The number of hydrogen-bond acceptors (Lipinski definition) is 2. The van der Waals surface area contributed by atoms with Crippen LogP contribution in [0.2, 0.25) is 0 Å². The minimum Gasteiger partial charge on any atom is -0.490 e. The Hall–Kier alpha value is -1.06. The van der Waals surface area contributed by atoms with Crippen LogP contribution in [0.25, 0.3) is 0 Å². The first kappa shape index (κ1) is 17.3. The van der Waals surface area contributed by atoms with Crippen LogP contribution in [-0.2, 0) is 0 Å². The molecule has 1 aliphatic carbocycles. The zero-order valence-electron chi connectivity index (χ0n) is 14.6. The van der Waals surface area contributed by atoms with Gasteiger partial charge in [-0.2, -0.15) is 0 Å². The van der Waals surface area contributed by atoms with E-state index < -0.39 is 6.10 Å². The van der Waals surface area contributed by atoms with Crippen molar-refractivity contribution in [3.05, 3.63) is 28.8 Å². The first-order valence-electron chi connectivity index (χ1n) is 8.70. The van der Waals surface area contributed by atoms with Gasteiger partial charge in [-0.25, -0.2) is 0 Å². The Labute approximate surface area is 135 Å². The van der Waals surface area contributed by atoms with E-state index in [1.54, 1.807) is 0 Å². The quantitative estimate of drug-likeness (QED) is 0.848. The third-order valence-corrected chi connectivity index (χ3v) is 5.18. The Morgan fingerprint density at radius 3 is 2.59 bits per heavy atom. The molecule has 22 heavy (non-hydrogen) atoms. The molecule has 0 amide bonds. The van der Waals surface area contributed by atoms with Gasteiger partial charge in [0.2, 0.25) is 0 Å². The molecule has 1 fully saturated rings. The van der Waals surface area contributed by atoms with Gasteiger partial charge in [-0.1, -0.05) is 25.5 Å². The number of aliphatic hydroxyl groups is 1. The van der Waals surface area contributed by atoms with Crippen molar-refractivity contribution >= 4 is 0 Å². The Kier molecular flexibility index (Phi) is 6.27. The lowest BCUT2D eigenvalue weighted by molar-refractivity contribution is -0.703. The van der Waals surface area contributed by atoms with Gasteiger partial charge in [-0.15, -0.1) is 0 Å². The maximum atomic E-state index is 10.2. The van der Waals surface area contributed by atoms with Crippen LogP contribution in [0.1, 0.15) is 49.3 Å². The maximum Gasteiger partial charge on any atom is 0.137 e. The largest absolute Gasteiger partial charge is 0.490 e. The van der Waals surface area contributed by atoms with Gasteiger partial charge in [0.15, 0.2) is 0 Å². The van der Waals surface area contributed by atoms with Crippen LogP contribution in [-0.4, -0.2) is 30.4 Å². The van der Waals surface area contributed by atoms with Gasteiger partial charge in [0.1, 0.15) is 25.0 Å². The number of aliphatic hydroxyl groups excluding tert-OH is 1. The summed E-state index contributed by atoms with van der Waals surface area (Å²) in [6.07, 6.45) is 4.90. The van der Waals surface area contributed by atoms with Crippen LogP contribution in [0.3, 0.4) is 0 Å². The van der Waals surface area contributed by atoms with Gasteiger partial charge in [0, 0.05) is 5.92 Å². The standard InChI is InChI=1S/C19H31NO2/c1-13-9-10-15(3)19(16(13)4)22-12-17(21)11-20-18-8-6-5-7-14(18)2/h9-10,14,17-18,20-21H,5-8,11-12H2,1-4H3/p+1/t14-,17+,18+/m0/s1. The monoisotopic (exact) mass is 306 g/mol. The predicted molar refractivity (Wildman–Crippen MR) is 90.4 cm³/mol. The molecule has 0 unspecified atom stereocenters. The van der Waals surface area contributed by atoms with Crippen molar-refractivity contribution in [1.29, 1.82) is 0 Å². The van der Waals surface area contributed by atoms with E-state index in [0.717, 1.165) is 23.8 Å². The predicted octanol–water partition coefficient (Wildman–Crippen LogP) is 2.49. The van der Waals surface area contributed by atoms with Crippen LogP contribution in [0.5, 0.6) is 5.75 Å². The van der Waals surface area contributed by atoms with Crippen molar-refractivity contribution in [1.82, 2.24) is 0 Å². The lowest BCUT2D eigenvalue weighted by Crippen LogP contribution is -2.93. The second-order valence-corrected chi connectivity index (χ2v) is 7.02. The third kappa shape index (κ3) is 4.47. The SMILES string of the molecule is Cc1ccc(C)c(OC[C@H](O)C[NH2+][C@@H]2CCCC[C@@H]2C)c1C. The van der Waals surface area contributed by atoms with Crippen LogP contribution in [0.4, 0.5) is 0 Å². The summed E-state index contributed by atoms with van der Waals surface area (Å²) < 4.78 is 5.91. The summed E-state index contributed by atoms with van der Waals surface area (Å²) >= 11 is 0. The Balaban J connectivity index is 1.80. The van der Waals surface area contributed by atoms with E-state index in [2.05, 4.69) is 45.1 Å². The molecule has 3 atom stereocenters. The number of hydrogen-bond donors (Lipinski definition) is 2. The summed E-state index contributed by atoms with van der Waals surface area (Å²) in [5.74, 6) is 1.70. The van der Waals surface area contributed by atoms with Gasteiger partial charge < -0.3 is 15.2 Å². The van der Waals surface area contributed by atoms with Crippen molar-refractivity contribution in [2.24, 2.45) is 5.92 Å². The fourth-order valence-corrected chi connectivity index (χ4v) is 3.42. The Bertz CT molecular complexity index is 487. The fourth-order valence-electron chi connectivity index (χ4n) is 3.42. The minimum absolute atomic E-state index is 0.378. The summed E-state index contributed by atoms with van der Waals surface area (Å²) in [6.45, 7) is 9.69. The second-order valence-electron chi connectivity index (χ2n) is 7.02. The highest BCUT2D eigenvalue weighted by Gasteiger charge is 2.24. The molecular weight excluding hydrogens is 274 g/mol. The number of quaternary nitrogens is 1. The first-order chi connectivity index (χ1) is 10.5. The molecule has 0 spiro atoms. The molecule has 0 radical (unpaired) electrons. The average Bonchev–Trinajstić information content (AvgIpc) is 2.50. The number of benzene rings is 1. The van der Waals surface area contributed by atoms with Crippen LogP contribution < -0.4 is 10.1 Å². The number of rotatable bonds is 6. The highest BCUT2D eigenvalue weighted by atomic mass is 16.5. The van der Waals surface area contributed by atoms with Gasteiger partial charge in [-0.3, -0.25) is 0 Å². The fraction of sp³-hybridized carbons (Fsp3) is 0.684.